The van der Waals surface area contributed by atoms with Crippen molar-refractivity contribution in [1.82, 2.24) is 0 Å². The number of rotatable bonds is 4. The molecule has 0 heterocycles. The molecule has 3 atom stereocenters. The van der Waals surface area contributed by atoms with E-state index in [1.165, 1.54) is 25.7 Å². The fourth-order valence-electron chi connectivity index (χ4n) is 3.85. The highest BCUT2D eigenvalue weighted by Crippen LogP contribution is 2.48. The van der Waals surface area contributed by atoms with E-state index >= 15 is 0 Å². The summed E-state index contributed by atoms with van der Waals surface area (Å²) in [6, 6.07) is 5.24. The Bertz CT molecular complexity index is 501. The maximum absolute atomic E-state index is 10.8. The Labute approximate surface area is 113 Å². The van der Waals surface area contributed by atoms with Gasteiger partial charge in [0.25, 0.3) is 5.69 Å². The van der Waals surface area contributed by atoms with Crippen LogP contribution in [0.2, 0.25) is 0 Å². The van der Waals surface area contributed by atoms with Gasteiger partial charge in [-0.25, -0.2) is 0 Å². The second-order valence-electron chi connectivity index (χ2n) is 6.13. The third kappa shape index (κ3) is 2.57. The van der Waals surface area contributed by atoms with Crippen molar-refractivity contribution in [3.05, 3.63) is 33.9 Å². The topological polar surface area (TPSA) is 55.2 Å². The molecule has 0 spiro atoms. The summed E-state index contributed by atoms with van der Waals surface area (Å²) in [6.07, 6.45) is 5.54. The minimum absolute atomic E-state index is 0.176. The van der Waals surface area contributed by atoms with Crippen molar-refractivity contribution in [3.63, 3.8) is 0 Å². The summed E-state index contributed by atoms with van der Waals surface area (Å²) >= 11 is 0. The van der Waals surface area contributed by atoms with Gasteiger partial charge in [0.1, 0.15) is 0 Å². The molecule has 3 unspecified atom stereocenters. The highest BCUT2D eigenvalue weighted by molar-refractivity contribution is 5.53. The predicted molar refractivity (Wildman–Crippen MR) is 75.3 cm³/mol. The molecule has 102 valence electrons. The fourth-order valence-corrected chi connectivity index (χ4v) is 3.85. The first kappa shape index (κ1) is 12.5. The van der Waals surface area contributed by atoms with E-state index in [0.717, 1.165) is 35.5 Å². The van der Waals surface area contributed by atoms with E-state index in [2.05, 4.69) is 5.32 Å². The number of nitro benzene ring substituents is 1. The van der Waals surface area contributed by atoms with E-state index in [1.807, 2.05) is 13.0 Å². The third-order valence-corrected chi connectivity index (χ3v) is 4.73. The van der Waals surface area contributed by atoms with Crippen molar-refractivity contribution in [1.29, 1.82) is 0 Å². The van der Waals surface area contributed by atoms with Crippen molar-refractivity contribution < 1.29 is 4.92 Å². The molecular weight excluding hydrogens is 240 g/mol. The van der Waals surface area contributed by atoms with Crippen LogP contribution in [0.15, 0.2) is 18.2 Å². The monoisotopic (exact) mass is 260 g/mol. The maximum Gasteiger partial charge on any atom is 0.271 e. The van der Waals surface area contributed by atoms with Crippen LogP contribution in [-0.4, -0.2) is 11.5 Å². The summed E-state index contributed by atoms with van der Waals surface area (Å²) in [7, 11) is 0. The summed E-state index contributed by atoms with van der Waals surface area (Å²) in [5.74, 6) is 2.60. The molecule has 2 aliphatic rings. The Morgan fingerprint density at radius 1 is 1.32 bits per heavy atom. The molecule has 4 heteroatoms. The number of nitro groups is 1. The lowest BCUT2D eigenvalue weighted by Crippen LogP contribution is -2.20. The van der Waals surface area contributed by atoms with Crippen LogP contribution in [0.25, 0.3) is 0 Å². The molecule has 3 rings (SSSR count). The van der Waals surface area contributed by atoms with Crippen LogP contribution in [0.1, 0.15) is 31.2 Å². The van der Waals surface area contributed by atoms with Crippen molar-refractivity contribution in [2.45, 2.75) is 32.6 Å². The van der Waals surface area contributed by atoms with Crippen LogP contribution in [0, 0.1) is 34.8 Å². The van der Waals surface area contributed by atoms with Gasteiger partial charge in [-0.2, -0.15) is 0 Å². The van der Waals surface area contributed by atoms with E-state index in [-0.39, 0.29) is 10.6 Å². The number of aryl methyl sites for hydroxylation is 1. The lowest BCUT2D eigenvalue weighted by Gasteiger charge is -2.22. The highest BCUT2D eigenvalue weighted by atomic mass is 16.6. The number of benzene rings is 1. The van der Waals surface area contributed by atoms with Crippen LogP contribution < -0.4 is 5.32 Å². The zero-order valence-corrected chi connectivity index (χ0v) is 11.3. The van der Waals surface area contributed by atoms with Gasteiger partial charge >= 0.3 is 0 Å². The molecular formula is C15H20N2O2. The number of nitrogens with zero attached hydrogens (tertiary/aromatic N) is 1. The minimum Gasteiger partial charge on any atom is -0.385 e. The Balaban J connectivity index is 1.65. The van der Waals surface area contributed by atoms with Crippen molar-refractivity contribution >= 4 is 11.4 Å². The number of nitrogens with one attached hydrogen (secondary N) is 1. The van der Waals surface area contributed by atoms with Gasteiger partial charge < -0.3 is 5.32 Å². The van der Waals surface area contributed by atoms with Crippen LogP contribution >= 0.6 is 0 Å². The van der Waals surface area contributed by atoms with Crippen LogP contribution in [0.3, 0.4) is 0 Å². The highest BCUT2D eigenvalue weighted by Gasteiger charge is 2.39. The quantitative estimate of drug-likeness (QED) is 0.662. The van der Waals surface area contributed by atoms with Gasteiger partial charge in [0.15, 0.2) is 0 Å². The molecule has 4 nitrogen and oxygen atoms in total. The third-order valence-electron chi connectivity index (χ3n) is 4.73. The van der Waals surface area contributed by atoms with E-state index < -0.39 is 0 Å². The molecule has 0 radical (unpaired) electrons. The molecule has 2 saturated carbocycles. The average Bonchev–Trinajstić information content (AvgIpc) is 2.97. The normalized spacial score (nSPS) is 28.6. The number of hydrogen-bond donors (Lipinski definition) is 1. The molecule has 0 aliphatic heterocycles. The zero-order valence-electron chi connectivity index (χ0n) is 11.3. The molecule has 2 bridgehead atoms. The smallest absolute Gasteiger partial charge is 0.271 e. The van der Waals surface area contributed by atoms with Crippen molar-refractivity contribution in [3.8, 4) is 0 Å². The Morgan fingerprint density at radius 2 is 2.16 bits per heavy atom. The van der Waals surface area contributed by atoms with Gasteiger partial charge in [-0.1, -0.05) is 6.42 Å². The summed E-state index contributed by atoms with van der Waals surface area (Å²) in [6.45, 7) is 2.86. The van der Waals surface area contributed by atoms with E-state index in [0.29, 0.717) is 0 Å². The molecule has 19 heavy (non-hydrogen) atoms. The number of hydrogen-bond acceptors (Lipinski definition) is 3. The molecule has 0 aromatic heterocycles. The lowest BCUT2D eigenvalue weighted by molar-refractivity contribution is -0.384. The first-order valence-corrected chi connectivity index (χ1v) is 7.12. The van der Waals surface area contributed by atoms with E-state index in [1.54, 1.807) is 12.1 Å². The van der Waals surface area contributed by atoms with Gasteiger partial charge in [-0.3, -0.25) is 10.1 Å². The van der Waals surface area contributed by atoms with E-state index in [9.17, 15) is 10.1 Å². The largest absolute Gasteiger partial charge is 0.385 e. The second kappa shape index (κ2) is 4.83. The predicted octanol–water partition coefficient (Wildman–Crippen LogP) is 3.75. The fraction of sp³-hybridized carbons (Fsp3) is 0.600. The van der Waals surface area contributed by atoms with Crippen LogP contribution in [0.4, 0.5) is 11.4 Å². The Morgan fingerprint density at radius 3 is 2.79 bits per heavy atom. The molecule has 2 aliphatic carbocycles. The second-order valence-corrected chi connectivity index (χ2v) is 6.13. The van der Waals surface area contributed by atoms with Crippen LogP contribution in [-0.2, 0) is 0 Å². The number of fused-ring (bicyclic) bond motifs is 2. The SMILES string of the molecule is Cc1cc(NCC2CC3CCC2C3)cc([N+](=O)[O-])c1. The Kier molecular flexibility index (Phi) is 3.17. The van der Waals surface area contributed by atoms with Gasteiger partial charge in [0, 0.05) is 24.4 Å². The molecule has 1 aromatic carbocycles. The minimum atomic E-state index is -0.324. The summed E-state index contributed by atoms with van der Waals surface area (Å²) in [5, 5.41) is 14.3. The lowest BCUT2D eigenvalue weighted by atomic mass is 9.89. The maximum atomic E-state index is 10.8. The molecule has 0 amide bonds. The zero-order chi connectivity index (χ0) is 13.4. The summed E-state index contributed by atoms with van der Waals surface area (Å²) in [5.41, 5.74) is 1.99. The van der Waals surface area contributed by atoms with E-state index in [4.69, 9.17) is 0 Å². The molecule has 2 fully saturated rings. The molecule has 1 aromatic rings. The summed E-state index contributed by atoms with van der Waals surface area (Å²) < 4.78 is 0. The van der Waals surface area contributed by atoms with Crippen molar-refractivity contribution in [2.75, 3.05) is 11.9 Å². The number of non-ortho nitro benzene ring substituents is 1. The first-order valence-electron chi connectivity index (χ1n) is 7.12. The summed E-state index contributed by atoms with van der Waals surface area (Å²) in [4.78, 5) is 10.5. The van der Waals surface area contributed by atoms with Gasteiger partial charge in [-0.15, -0.1) is 0 Å². The molecule has 1 N–H and O–H groups in total. The average molecular weight is 260 g/mol. The van der Waals surface area contributed by atoms with Crippen molar-refractivity contribution in [2.24, 2.45) is 17.8 Å². The van der Waals surface area contributed by atoms with Crippen LogP contribution in [0.5, 0.6) is 0 Å². The Hall–Kier alpha value is -1.58. The van der Waals surface area contributed by atoms with Gasteiger partial charge in [0.2, 0.25) is 0 Å². The first-order chi connectivity index (χ1) is 9.11. The van der Waals surface area contributed by atoms with Gasteiger partial charge in [-0.05, 0) is 55.6 Å². The standard InChI is InChI=1S/C15H20N2O2/c1-10-4-14(8-15(5-10)17(18)19)16-9-13-7-11-2-3-12(13)6-11/h4-5,8,11-13,16H,2-3,6-7,9H2,1H3. The van der Waals surface area contributed by atoms with Gasteiger partial charge in [0.05, 0.1) is 4.92 Å². The number of anilines is 1. The molecule has 0 saturated heterocycles.